The summed E-state index contributed by atoms with van der Waals surface area (Å²) in [5.74, 6) is 0.348. The van der Waals surface area contributed by atoms with Gasteiger partial charge in [-0.25, -0.2) is 9.13 Å². The fraction of sp³-hybridized carbons (Fsp3) is 0.0526. The fourth-order valence-corrected chi connectivity index (χ4v) is 6.38. The molecule has 0 fully saturated rings. The summed E-state index contributed by atoms with van der Waals surface area (Å²) in [6.07, 6.45) is 0. The number of hydrogen-bond acceptors (Lipinski definition) is 4. The third-order valence-electron chi connectivity index (χ3n) is 7.50. The van der Waals surface area contributed by atoms with Gasteiger partial charge in [0.05, 0.1) is 0 Å². The molecule has 10 heteroatoms. The highest BCUT2D eigenvalue weighted by molar-refractivity contribution is 7.47. The Morgan fingerprint density at radius 2 is 0.792 bits per heavy atom. The van der Waals surface area contributed by atoms with E-state index < -0.39 is 15.6 Å². The van der Waals surface area contributed by atoms with E-state index >= 15 is 0 Å². The van der Waals surface area contributed by atoms with E-state index in [1.165, 1.54) is 0 Å². The highest BCUT2D eigenvalue weighted by Gasteiger charge is 2.23. The van der Waals surface area contributed by atoms with Gasteiger partial charge in [0.2, 0.25) is 0 Å². The molecular weight excluding hydrogens is 646 g/mol. The molecule has 0 saturated carbocycles. The van der Waals surface area contributed by atoms with Crippen LogP contribution < -0.4 is 9.05 Å². The largest absolute Gasteiger partial charge is 0.524 e. The number of aryl methyl sites for hydroxylation is 1. The van der Waals surface area contributed by atoms with E-state index in [1.807, 2.05) is 134 Å². The van der Waals surface area contributed by atoms with Crippen molar-refractivity contribution in [3.63, 3.8) is 0 Å². The maximum atomic E-state index is 11.4. The molecule has 244 valence electrons. The Labute approximate surface area is 279 Å². The fourth-order valence-electron chi connectivity index (χ4n) is 5.51. The van der Waals surface area contributed by atoms with E-state index in [9.17, 15) is 18.9 Å². The first-order valence-corrected chi connectivity index (χ1v) is 18.0. The summed E-state index contributed by atoms with van der Waals surface area (Å²) >= 11 is 0. The van der Waals surface area contributed by atoms with Gasteiger partial charge in [0.15, 0.2) is 0 Å². The minimum atomic E-state index is -4.66. The molecule has 6 aromatic carbocycles. The molecule has 0 aliphatic heterocycles. The summed E-state index contributed by atoms with van der Waals surface area (Å²) in [7, 11) is -9.27. The molecule has 48 heavy (non-hydrogen) atoms. The van der Waals surface area contributed by atoms with Crippen LogP contribution in [0.25, 0.3) is 44.5 Å². The molecule has 0 spiro atoms. The van der Waals surface area contributed by atoms with Gasteiger partial charge < -0.3 is 9.05 Å². The van der Waals surface area contributed by atoms with Gasteiger partial charge in [0, 0.05) is 11.1 Å². The third-order valence-corrected chi connectivity index (χ3v) is 8.37. The highest BCUT2D eigenvalue weighted by Crippen LogP contribution is 2.47. The molecule has 0 bridgehead atoms. The van der Waals surface area contributed by atoms with Gasteiger partial charge in [-0.15, -0.1) is 0 Å². The van der Waals surface area contributed by atoms with Crippen molar-refractivity contribution >= 4 is 15.6 Å². The van der Waals surface area contributed by atoms with Crippen LogP contribution in [0.4, 0.5) is 0 Å². The van der Waals surface area contributed by atoms with Crippen LogP contribution >= 0.6 is 15.6 Å². The summed E-state index contributed by atoms with van der Waals surface area (Å²) in [6, 6.07) is 45.6. The molecule has 8 nitrogen and oxygen atoms in total. The van der Waals surface area contributed by atoms with Crippen molar-refractivity contribution in [2.75, 3.05) is 0 Å². The molecule has 0 unspecified atom stereocenters. The summed E-state index contributed by atoms with van der Waals surface area (Å²) in [4.78, 5) is 36.8. The van der Waals surface area contributed by atoms with Crippen LogP contribution in [0.3, 0.4) is 0 Å². The van der Waals surface area contributed by atoms with Crippen LogP contribution in [0.5, 0.6) is 11.5 Å². The van der Waals surface area contributed by atoms with Crippen molar-refractivity contribution in [1.82, 2.24) is 0 Å². The molecule has 0 aromatic heterocycles. The zero-order valence-corrected chi connectivity index (χ0v) is 28.0. The maximum Gasteiger partial charge on any atom is 0.524 e. The topological polar surface area (TPSA) is 134 Å². The van der Waals surface area contributed by atoms with Crippen molar-refractivity contribution in [3.8, 4) is 56.0 Å². The Kier molecular flexibility index (Phi) is 10.8. The normalized spacial score (nSPS) is 11.3. The Hall–Kier alpha value is -4.78. The highest BCUT2D eigenvalue weighted by atomic mass is 31.2. The molecule has 0 heterocycles. The van der Waals surface area contributed by atoms with Crippen molar-refractivity contribution in [3.05, 3.63) is 157 Å². The second kappa shape index (κ2) is 15.0. The van der Waals surface area contributed by atoms with Gasteiger partial charge in [-0.1, -0.05) is 133 Å². The average molecular weight is 681 g/mol. The monoisotopic (exact) mass is 680 g/mol. The smallest absolute Gasteiger partial charge is 0.404 e. The second-order valence-corrected chi connectivity index (χ2v) is 13.2. The number of phosphoric ester groups is 2. The lowest BCUT2D eigenvalue weighted by Crippen LogP contribution is -1.97. The predicted octanol–water partition coefficient (Wildman–Crippen LogP) is 9.60. The lowest BCUT2D eigenvalue weighted by molar-refractivity contribution is 0.280. The van der Waals surface area contributed by atoms with E-state index in [0.29, 0.717) is 11.1 Å². The minimum absolute atomic E-state index is 0.166. The van der Waals surface area contributed by atoms with Crippen molar-refractivity contribution in [2.45, 2.75) is 13.8 Å². The Balaban J connectivity index is 0.000000188. The molecule has 6 aromatic rings. The molecule has 0 amide bonds. The number of benzene rings is 6. The van der Waals surface area contributed by atoms with Crippen LogP contribution in [0.15, 0.2) is 146 Å². The van der Waals surface area contributed by atoms with E-state index in [4.69, 9.17) is 18.8 Å². The Morgan fingerprint density at radius 1 is 0.417 bits per heavy atom. The second-order valence-electron chi connectivity index (χ2n) is 10.9. The molecule has 0 atom stereocenters. The van der Waals surface area contributed by atoms with Crippen molar-refractivity contribution in [1.29, 1.82) is 0 Å². The maximum absolute atomic E-state index is 11.4. The molecule has 0 saturated heterocycles. The minimum Gasteiger partial charge on any atom is -0.404 e. The number of rotatable bonds is 8. The molecule has 4 N–H and O–H groups in total. The summed E-state index contributed by atoms with van der Waals surface area (Å²) in [5.41, 5.74) is 8.92. The SMILES string of the molecule is Cc1c(OP(=O)(O)O)ccc(-c2ccccc2)c1-c1ccccc1.Cc1ccc(OP(=O)(O)O)c(-c2ccccc2)c1-c1ccccc1. The quantitative estimate of drug-likeness (QED) is 0.117. The van der Waals surface area contributed by atoms with Gasteiger partial charge in [-0.2, -0.15) is 0 Å². The number of phosphoric acid groups is 2. The van der Waals surface area contributed by atoms with Crippen LogP contribution in [-0.2, 0) is 9.13 Å². The van der Waals surface area contributed by atoms with Crippen molar-refractivity contribution < 1.29 is 37.8 Å². The van der Waals surface area contributed by atoms with Gasteiger partial charge in [-0.3, -0.25) is 19.6 Å². The van der Waals surface area contributed by atoms with Crippen LogP contribution in [0.1, 0.15) is 11.1 Å². The zero-order chi connectivity index (χ0) is 34.3. The van der Waals surface area contributed by atoms with Gasteiger partial charge in [0.1, 0.15) is 11.5 Å². The molecule has 0 aliphatic rings. The predicted molar refractivity (Wildman–Crippen MR) is 189 cm³/mol. The molecular formula is C38H34O8P2. The first-order chi connectivity index (χ1) is 22.9. The first-order valence-electron chi connectivity index (χ1n) is 14.9. The number of hydrogen-bond donors (Lipinski definition) is 4. The summed E-state index contributed by atoms with van der Waals surface area (Å²) in [6.45, 7) is 3.77. The molecule has 0 radical (unpaired) electrons. The zero-order valence-electron chi connectivity index (χ0n) is 26.2. The van der Waals surface area contributed by atoms with Gasteiger partial charge in [0.25, 0.3) is 0 Å². The lowest BCUT2D eigenvalue weighted by atomic mass is 9.90. The average Bonchev–Trinajstić information content (AvgIpc) is 3.07. The Bertz CT molecular complexity index is 2040. The van der Waals surface area contributed by atoms with E-state index in [2.05, 4.69) is 0 Å². The first kappa shape index (κ1) is 34.6. The van der Waals surface area contributed by atoms with Crippen LogP contribution in [-0.4, -0.2) is 19.6 Å². The summed E-state index contributed by atoms with van der Waals surface area (Å²) < 4.78 is 32.4. The van der Waals surface area contributed by atoms with Crippen LogP contribution in [0, 0.1) is 13.8 Å². The van der Waals surface area contributed by atoms with Gasteiger partial charge >= 0.3 is 15.6 Å². The third kappa shape index (κ3) is 8.77. The lowest BCUT2D eigenvalue weighted by Gasteiger charge is -2.18. The van der Waals surface area contributed by atoms with E-state index in [0.717, 1.165) is 44.5 Å². The molecule has 6 rings (SSSR count). The van der Waals surface area contributed by atoms with Crippen molar-refractivity contribution in [2.24, 2.45) is 0 Å². The van der Waals surface area contributed by atoms with Crippen LogP contribution in [0.2, 0.25) is 0 Å². The van der Waals surface area contributed by atoms with E-state index in [1.54, 1.807) is 25.1 Å². The summed E-state index contributed by atoms with van der Waals surface area (Å²) in [5, 5.41) is 0. The standard InChI is InChI=1S/2C19H17O4P/c1-14-18(23-24(20,21)22)13-12-17(15-8-4-2-5-9-15)19(14)16-10-6-3-7-11-16;1-14-12-13-17(23-24(20,21)22)19(16-10-6-3-7-11-16)18(14)15-8-4-2-5-9-15/h2*2-13H,1H3,(H2,20,21,22). The van der Waals surface area contributed by atoms with Gasteiger partial charge in [-0.05, 0) is 70.5 Å². The Morgan fingerprint density at radius 3 is 1.25 bits per heavy atom. The molecule has 0 aliphatic carbocycles. The van der Waals surface area contributed by atoms with E-state index in [-0.39, 0.29) is 11.5 Å².